The fourth-order valence-electron chi connectivity index (χ4n) is 5.01. The van der Waals surface area contributed by atoms with Crippen LogP contribution in [0.3, 0.4) is 0 Å². The van der Waals surface area contributed by atoms with Gasteiger partial charge in [-0.3, -0.25) is 9.69 Å². The molecule has 2 fully saturated rings. The van der Waals surface area contributed by atoms with E-state index in [1.807, 2.05) is 32.4 Å². The number of aryl methyl sites for hydroxylation is 1. The van der Waals surface area contributed by atoms with E-state index in [2.05, 4.69) is 43.0 Å². The summed E-state index contributed by atoms with van der Waals surface area (Å²) in [6, 6.07) is 8.86. The quantitative estimate of drug-likeness (QED) is 0.678. The van der Waals surface area contributed by atoms with Gasteiger partial charge in [-0.1, -0.05) is 12.1 Å². The van der Waals surface area contributed by atoms with E-state index in [-0.39, 0.29) is 11.8 Å². The van der Waals surface area contributed by atoms with E-state index in [1.165, 1.54) is 0 Å². The molecule has 0 radical (unpaired) electrons. The molecule has 0 bridgehead atoms. The van der Waals surface area contributed by atoms with Crippen LogP contribution in [0.1, 0.15) is 31.5 Å². The molecule has 3 aromatic rings. The van der Waals surface area contributed by atoms with Crippen molar-refractivity contribution in [1.29, 1.82) is 0 Å². The van der Waals surface area contributed by atoms with Gasteiger partial charge in [-0.2, -0.15) is 0 Å². The third-order valence-electron chi connectivity index (χ3n) is 7.12. The topological polar surface area (TPSA) is 72.3 Å². The normalized spacial score (nSPS) is 22.2. The zero-order valence-corrected chi connectivity index (χ0v) is 18.9. The smallest absolute Gasteiger partial charge is 0.228 e. The predicted octanol–water partition coefficient (Wildman–Crippen LogP) is 3.77. The highest BCUT2D eigenvalue weighted by Gasteiger charge is 2.30. The molecule has 1 N–H and O–H groups in total. The van der Waals surface area contributed by atoms with Crippen molar-refractivity contribution < 1.29 is 9.53 Å². The maximum Gasteiger partial charge on any atom is 0.228 e. The van der Waals surface area contributed by atoms with Crippen LogP contribution in [0.4, 0.5) is 5.82 Å². The van der Waals surface area contributed by atoms with Gasteiger partial charge in [-0.05, 0) is 50.1 Å². The average molecular weight is 434 g/mol. The number of nitrogens with zero attached hydrogens (tertiary/aromatic N) is 4. The standard InChI is InChI=1S/C25H31N5O2/c1-17-26-16-23(29(17)2)19-3-4-20-15-27-24(14-21(20)13-19)28-25(31)18-5-7-22(8-6-18)30-9-11-32-12-10-30/h3-4,13-16,18,22H,5-12H2,1-2H3,(H,27,28,31)/t18-,22+. The van der Waals surface area contributed by atoms with Crippen molar-refractivity contribution in [2.75, 3.05) is 31.6 Å². The second-order valence-corrected chi connectivity index (χ2v) is 9.02. The van der Waals surface area contributed by atoms with E-state index in [9.17, 15) is 4.79 Å². The predicted molar refractivity (Wildman–Crippen MR) is 125 cm³/mol. The van der Waals surface area contributed by atoms with Crippen molar-refractivity contribution in [3.63, 3.8) is 0 Å². The Morgan fingerprint density at radius 1 is 1.03 bits per heavy atom. The molecule has 2 aliphatic rings. The van der Waals surface area contributed by atoms with Crippen molar-refractivity contribution in [1.82, 2.24) is 19.4 Å². The van der Waals surface area contributed by atoms with Gasteiger partial charge >= 0.3 is 0 Å². The van der Waals surface area contributed by atoms with Crippen LogP contribution in [0.15, 0.2) is 36.7 Å². The van der Waals surface area contributed by atoms with Crippen LogP contribution in [-0.2, 0) is 16.6 Å². The second-order valence-electron chi connectivity index (χ2n) is 9.02. The molecule has 1 aliphatic carbocycles. The lowest BCUT2D eigenvalue weighted by Crippen LogP contribution is -2.45. The van der Waals surface area contributed by atoms with Gasteiger partial charge in [0, 0.05) is 49.2 Å². The Hall–Kier alpha value is -2.77. The molecule has 7 nitrogen and oxygen atoms in total. The molecule has 3 heterocycles. The molecule has 1 amide bonds. The Morgan fingerprint density at radius 3 is 2.53 bits per heavy atom. The number of ether oxygens (including phenoxy) is 1. The van der Waals surface area contributed by atoms with Crippen LogP contribution >= 0.6 is 0 Å². The molecular weight excluding hydrogens is 402 g/mol. The first-order valence-corrected chi connectivity index (χ1v) is 11.6. The molecule has 0 unspecified atom stereocenters. The number of nitrogens with one attached hydrogen (secondary N) is 1. The van der Waals surface area contributed by atoms with Crippen LogP contribution in [0.2, 0.25) is 0 Å². The zero-order chi connectivity index (χ0) is 22.1. The minimum absolute atomic E-state index is 0.0635. The Morgan fingerprint density at radius 2 is 1.81 bits per heavy atom. The lowest BCUT2D eigenvalue weighted by Gasteiger charge is -2.38. The molecule has 0 spiro atoms. The number of aromatic nitrogens is 3. The third-order valence-corrected chi connectivity index (χ3v) is 7.12. The highest BCUT2D eigenvalue weighted by Crippen LogP contribution is 2.30. The third kappa shape index (κ3) is 4.27. The molecule has 2 aromatic heterocycles. The first-order valence-electron chi connectivity index (χ1n) is 11.6. The highest BCUT2D eigenvalue weighted by molar-refractivity contribution is 5.95. The summed E-state index contributed by atoms with van der Waals surface area (Å²) in [5.74, 6) is 1.76. The van der Waals surface area contributed by atoms with Crippen LogP contribution in [0, 0.1) is 12.8 Å². The summed E-state index contributed by atoms with van der Waals surface area (Å²) < 4.78 is 7.55. The number of fused-ring (bicyclic) bond motifs is 1. The number of carbonyl (C=O) groups is 1. The maximum absolute atomic E-state index is 12.9. The molecule has 1 saturated carbocycles. The van der Waals surface area contributed by atoms with Crippen LogP contribution in [0.25, 0.3) is 22.0 Å². The molecule has 1 saturated heterocycles. The lowest BCUT2D eigenvalue weighted by atomic mass is 9.84. The summed E-state index contributed by atoms with van der Waals surface area (Å²) in [5.41, 5.74) is 2.18. The van der Waals surface area contributed by atoms with Gasteiger partial charge in [-0.15, -0.1) is 0 Å². The van der Waals surface area contributed by atoms with Crippen molar-refractivity contribution in [3.8, 4) is 11.3 Å². The molecule has 0 atom stereocenters. The number of carbonyl (C=O) groups excluding carboxylic acids is 1. The minimum Gasteiger partial charge on any atom is -0.379 e. The zero-order valence-electron chi connectivity index (χ0n) is 18.9. The average Bonchev–Trinajstić information content (AvgIpc) is 3.17. The fourth-order valence-corrected chi connectivity index (χ4v) is 5.01. The monoisotopic (exact) mass is 433 g/mol. The number of pyridine rings is 1. The largest absolute Gasteiger partial charge is 0.379 e. The van der Waals surface area contributed by atoms with Crippen molar-refractivity contribution in [3.05, 3.63) is 42.5 Å². The Labute approximate surface area is 188 Å². The van der Waals surface area contributed by atoms with Crippen molar-refractivity contribution in [2.24, 2.45) is 13.0 Å². The number of hydrogen-bond acceptors (Lipinski definition) is 5. The molecule has 7 heteroatoms. The minimum atomic E-state index is 0.0635. The molecule has 32 heavy (non-hydrogen) atoms. The molecule has 168 valence electrons. The van der Waals surface area contributed by atoms with Crippen LogP contribution < -0.4 is 5.32 Å². The van der Waals surface area contributed by atoms with Gasteiger partial charge in [-0.25, -0.2) is 9.97 Å². The molecule has 1 aliphatic heterocycles. The van der Waals surface area contributed by atoms with E-state index < -0.39 is 0 Å². The Kier molecular flexibility index (Phi) is 5.93. The number of morpholine rings is 1. The summed E-state index contributed by atoms with van der Waals surface area (Å²) in [5, 5.41) is 5.18. The number of hydrogen-bond donors (Lipinski definition) is 1. The highest BCUT2D eigenvalue weighted by atomic mass is 16.5. The van der Waals surface area contributed by atoms with Crippen LogP contribution in [0.5, 0.6) is 0 Å². The van der Waals surface area contributed by atoms with E-state index >= 15 is 0 Å². The van der Waals surface area contributed by atoms with Crippen LogP contribution in [-0.4, -0.2) is 57.7 Å². The summed E-state index contributed by atoms with van der Waals surface area (Å²) in [6.45, 7) is 5.69. The van der Waals surface area contributed by atoms with Crippen molar-refractivity contribution in [2.45, 2.75) is 38.6 Å². The van der Waals surface area contributed by atoms with E-state index in [0.717, 1.165) is 79.8 Å². The second kappa shape index (κ2) is 9.00. The van der Waals surface area contributed by atoms with Gasteiger partial charge in [0.2, 0.25) is 5.91 Å². The lowest BCUT2D eigenvalue weighted by molar-refractivity contribution is -0.121. The molecule has 5 rings (SSSR count). The maximum atomic E-state index is 12.9. The Balaban J connectivity index is 1.25. The van der Waals surface area contributed by atoms with Gasteiger partial charge < -0.3 is 14.6 Å². The fraction of sp³-hybridized carbons (Fsp3) is 0.480. The van der Waals surface area contributed by atoms with E-state index in [0.29, 0.717) is 11.9 Å². The molecular formula is C25H31N5O2. The summed E-state index contributed by atoms with van der Waals surface area (Å²) in [4.78, 5) is 24.3. The first-order chi connectivity index (χ1) is 15.6. The molecule has 1 aromatic carbocycles. The van der Waals surface area contributed by atoms with Gasteiger partial charge in [0.05, 0.1) is 25.1 Å². The number of amides is 1. The van der Waals surface area contributed by atoms with Gasteiger partial charge in [0.15, 0.2) is 0 Å². The SMILES string of the molecule is Cc1ncc(-c2ccc3cnc(NC(=O)[C@H]4CC[C@@H](N5CCOCC5)CC4)cc3c2)n1C. The summed E-state index contributed by atoms with van der Waals surface area (Å²) in [7, 11) is 2.02. The number of imidazole rings is 1. The summed E-state index contributed by atoms with van der Waals surface area (Å²) in [6.07, 6.45) is 7.76. The van der Waals surface area contributed by atoms with Gasteiger partial charge in [0.1, 0.15) is 11.6 Å². The summed E-state index contributed by atoms with van der Waals surface area (Å²) >= 11 is 0. The number of benzene rings is 1. The Bertz CT molecular complexity index is 1110. The number of rotatable bonds is 4. The van der Waals surface area contributed by atoms with E-state index in [4.69, 9.17) is 4.74 Å². The number of anilines is 1. The van der Waals surface area contributed by atoms with E-state index in [1.54, 1.807) is 0 Å². The van der Waals surface area contributed by atoms with Crippen molar-refractivity contribution >= 4 is 22.5 Å². The van der Waals surface area contributed by atoms with Gasteiger partial charge in [0.25, 0.3) is 0 Å². The first kappa shape index (κ1) is 21.1.